The fourth-order valence-corrected chi connectivity index (χ4v) is 1.72. The fourth-order valence-electron chi connectivity index (χ4n) is 1.72. The quantitative estimate of drug-likeness (QED) is 0.504. The van der Waals surface area contributed by atoms with Gasteiger partial charge in [-0.1, -0.05) is 18.2 Å². The summed E-state index contributed by atoms with van der Waals surface area (Å²) < 4.78 is 32.1. The van der Waals surface area contributed by atoms with E-state index in [0.29, 0.717) is 5.75 Å². The van der Waals surface area contributed by atoms with Gasteiger partial charge >= 0.3 is 0 Å². The number of hydrogen-bond donors (Lipinski definition) is 1. The first-order valence-corrected chi connectivity index (χ1v) is 6.13. The van der Waals surface area contributed by atoms with Crippen LogP contribution in [0.4, 0.5) is 20.2 Å². The van der Waals surface area contributed by atoms with Crippen LogP contribution in [0.15, 0.2) is 42.5 Å². The summed E-state index contributed by atoms with van der Waals surface area (Å²) in [6.45, 7) is 0.243. The molecule has 0 aliphatic rings. The van der Waals surface area contributed by atoms with Gasteiger partial charge in [0.05, 0.1) is 4.92 Å². The average Bonchev–Trinajstić information content (AvgIpc) is 2.48. The second-order valence-corrected chi connectivity index (χ2v) is 4.10. The Hall–Kier alpha value is -2.70. The number of nitrogens with zero attached hydrogens (tertiary/aromatic N) is 1. The zero-order chi connectivity index (χ0) is 15.2. The summed E-state index contributed by atoms with van der Waals surface area (Å²) in [7, 11) is 0. The van der Waals surface area contributed by atoms with Crippen molar-refractivity contribution in [1.82, 2.24) is 0 Å². The van der Waals surface area contributed by atoms with Crippen molar-refractivity contribution in [1.29, 1.82) is 0 Å². The Morgan fingerprint density at radius 3 is 2.52 bits per heavy atom. The van der Waals surface area contributed by atoms with Crippen molar-refractivity contribution < 1.29 is 18.4 Å². The third kappa shape index (κ3) is 3.65. The highest BCUT2D eigenvalue weighted by molar-refractivity contribution is 5.62. The lowest BCUT2D eigenvalue weighted by Gasteiger charge is -2.10. The Kier molecular flexibility index (Phi) is 4.65. The summed E-state index contributed by atoms with van der Waals surface area (Å²) >= 11 is 0. The Labute approximate surface area is 119 Å². The Balaban J connectivity index is 1.99. The van der Waals surface area contributed by atoms with E-state index in [9.17, 15) is 18.9 Å². The molecule has 0 aromatic heterocycles. The SMILES string of the molecule is O=[N+]([O-])c1ccc(F)c(F)c1NCCOc1ccccc1. The Morgan fingerprint density at radius 2 is 1.86 bits per heavy atom. The molecular weight excluding hydrogens is 282 g/mol. The highest BCUT2D eigenvalue weighted by atomic mass is 19.2. The van der Waals surface area contributed by atoms with Crippen LogP contribution in [0.2, 0.25) is 0 Å². The molecule has 0 atom stereocenters. The predicted octanol–water partition coefficient (Wildman–Crippen LogP) is 3.36. The number of nitro benzene ring substituents is 1. The molecule has 110 valence electrons. The van der Waals surface area contributed by atoms with Crippen LogP contribution in [0.5, 0.6) is 5.75 Å². The normalized spacial score (nSPS) is 10.2. The summed E-state index contributed by atoms with van der Waals surface area (Å²) in [5.74, 6) is -1.80. The summed E-state index contributed by atoms with van der Waals surface area (Å²) in [6.07, 6.45) is 0. The van der Waals surface area contributed by atoms with E-state index in [4.69, 9.17) is 4.74 Å². The Morgan fingerprint density at radius 1 is 1.14 bits per heavy atom. The van der Waals surface area contributed by atoms with Crippen molar-refractivity contribution in [3.63, 3.8) is 0 Å². The average molecular weight is 294 g/mol. The number of halogens is 2. The molecule has 2 aromatic rings. The van der Waals surface area contributed by atoms with Gasteiger partial charge in [-0.15, -0.1) is 0 Å². The first-order chi connectivity index (χ1) is 10.1. The van der Waals surface area contributed by atoms with Gasteiger partial charge in [0.25, 0.3) is 5.69 Å². The minimum absolute atomic E-state index is 0.0934. The smallest absolute Gasteiger partial charge is 0.295 e. The molecule has 0 amide bonds. The molecule has 0 saturated carbocycles. The van der Waals surface area contributed by atoms with Crippen LogP contribution in [-0.4, -0.2) is 18.1 Å². The van der Waals surface area contributed by atoms with Crippen LogP contribution in [0, 0.1) is 21.7 Å². The molecule has 1 N–H and O–H groups in total. The lowest BCUT2D eigenvalue weighted by Crippen LogP contribution is -2.14. The molecule has 2 rings (SSSR count). The first-order valence-electron chi connectivity index (χ1n) is 6.13. The highest BCUT2D eigenvalue weighted by Gasteiger charge is 2.21. The van der Waals surface area contributed by atoms with E-state index in [1.807, 2.05) is 6.07 Å². The van der Waals surface area contributed by atoms with Crippen molar-refractivity contribution in [2.75, 3.05) is 18.5 Å². The number of hydrogen-bond acceptors (Lipinski definition) is 4. The van der Waals surface area contributed by atoms with Gasteiger partial charge in [-0.2, -0.15) is 0 Å². The molecule has 0 heterocycles. The molecule has 0 unspecified atom stereocenters. The lowest BCUT2D eigenvalue weighted by atomic mass is 10.2. The van der Waals surface area contributed by atoms with Gasteiger partial charge in [0.2, 0.25) is 0 Å². The molecule has 0 spiro atoms. The van der Waals surface area contributed by atoms with Gasteiger partial charge < -0.3 is 10.1 Å². The number of ether oxygens (including phenoxy) is 1. The fraction of sp³-hybridized carbons (Fsp3) is 0.143. The molecule has 0 fully saturated rings. The van der Waals surface area contributed by atoms with Crippen molar-refractivity contribution in [3.05, 3.63) is 64.2 Å². The van der Waals surface area contributed by atoms with E-state index < -0.39 is 27.9 Å². The molecule has 7 heteroatoms. The molecule has 5 nitrogen and oxygen atoms in total. The maximum Gasteiger partial charge on any atom is 0.295 e. The zero-order valence-electron chi connectivity index (χ0n) is 10.9. The lowest BCUT2D eigenvalue weighted by molar-refractivity contribution is -0.384. The highest BCUT2D eigenvalue weighted by Crippen LogP contribution is 2.28. The van der Waals surface area contributed by atoms with Crippen molar-refractivity contribution in [3.8, 4) is 5.75 Å². The molecule has 2 aromatic carbocycles. The van der Waals surface area contributed by atoms with Gasteiger partial charge in [-0.05, 0) is 18.2 Å². The molecule has 0 aliphatic carbocycles. The van der Waals surface area contributed by atoms with E-state index >= 15 is 0 Å². The molecule has 0 bridgehead atoms. The predicted molar refractivity (Wildman–Crippen MR) is 73.4 cm³/mol. The van der Waals surface area contributed by atoms with Crippen molar-refractivity contribution in [2.45, 2.75) is 0 Å². The molecule has 0 radical (unpaired) electrons. The number of anilines is 1. The molecule has 0 saturated heterocycles. The summed E-state index contributed by atoms with van der Waals surface area (Å²) in [5, 5.41) is 13.3. The molecule has 21 heavy (non-hydrogen) atoms. The van der Waals surface area contributed by atoms with E-state index in [-0.39, 0.29) is 13.2 Å². The maximum absolute atomic E-state index is 13.6. The van der Waals surface area contributed by atoms with Gasteiger partial charge in [0, 0.05) is 12.6 Å². The van der Waals surface area contributed by atoms with E-state index in [2.05, 4.69) is 5.32 Å². The van der Waals surface area contributed by atoms with E-state index in [1.54, 1.807) is 24.3 Å². The van der Waals surface area contributed by atoms with Gasteiger partial charge in [-0.25, -0.2) is 8.78 Å². The van der Waals surface area contributed by atoms with Crippen LogP contribution in [-0.2, 0) is 0 Å². The second-order valence-electron chi connectivity index (χ2n) is 4.10. The zero-order valence-corrected chi connectivity index (χ0v) is 10.9. The van der Waals surface area contributed by atoms with Crippen molar-refractivity contribution in [2.24, 2.45) is 0 Å². The number of nitrogens with one attached hydrogen (secondary N) is 1. The summed E-state index contributed by atoms with van der Waals surface area (Å²) in [6, 6.07) is 10.5. The minimum atomic E-state index is -1.27. The number of rotatable bonds is 6. The minimum Gasteiger partial charge on any atom is -0.492 e. The third-order valence-corrected chi connectivity index (χ3v) is 2.69. The molecular formula is C14H12F2N2O3. The number of nitro groups is 1. The van der Waals surface area contributed by atoms with Crippen LogP contribution in [0.3, 0.4) is 0 Å². The van der Waals surface area contributed by atoms with Crippen LogP contribution in [0.1, 0.15) is 0 Å². The largest absolute Gasteiger partial charge is 0.492 e. The maximum atomic E-state index is 13.6. The van der Waals surface area contributed by atoms with Crippen LogP contribution >= 0.6 is 0 Å². The number of para-hydroxylation sites is 1. The standard InChI is InChI=1S/C14H12F2N2O3/c15-11-6-7-12(18(19)20)14(13(11)16)17-8-9-21-10-4-2-1-3-5-10/h1-7,17H,8-9H2. The van der Waals surface area contributed by atoms with Crippen molar-refractivity contribution >= 4 is 11.4 Å². The van der Waals surface area contributed by atoms with Crippen LogP contribution in [0.25, 0.3) is 0 Å². The van der Waals surface area contributed by atoms with Crippen LogP contribution < -0.4 is 10.1 Å². The second kappa shape index (κ2) is 6.65. The van der Waals surface area contributed by atoms with Gasteiger partial charge in [0.1, 0.15) is 12.4 Å². The summed E-state index contributed by atoms with van der Waals surface area (Å²) in [4.78, 5) is 10.0. The van der Waals surface area contributed by atoms with Gasteiger partial charge in [-0.3, -0.25) is 10.1 Å². The topological polar surface area (TPSA) is 64.4 Å². The van der Waals surface area contributed by atoms with E-state index in [1.165, 1.54) is 0 Å². The van der Waals surface area contributed by atoms with Gasteiger partial charge in [0.15, 0.2) is 17.3 Å². The third-order valence-electron chi connectivity index (χ3n) is 2.69. The van der Waals surface area contributed by atoms with E-state index in [0.717, 1.165) is 12.1 Å². The number of benzene rings is 2. The first kappa shape index (κ1) is 14.7. The Bertz CT molecular complexity index is 636. The molecule has 0 aliphatic heterocycles. The summed E-state index contributed by atoms with van der Waals surface area (Å²) in [5.41, 5.74) is -0.995. The monoisotopic (exact) mass is 294 g/mol.